The van der Waals surface area contributed by atoms with E-state index in [1.807, 2.05) is 11.8 Å². The first-order chi connectivity index (χ1) is 7.61. The van der Waals surface area contributed by atoms with Gasteiger partial charge < -0.3 is 9.67 Å². The number of aromatic carboxylic acids is 1. The first kappa shape index (κ1) is 11.3. The summed E-state index contributed by atoms with van der Waals surface area (Å²) in [4.78, 5) is 22.7. The van der Waals surface area contributed by atoms with Crippen LogP contribution in [0, 0.1) is 0 Å². The molecular weight excluding hydrogens is 226 g/mol. The molecule has 0 saturated heterocycles. The van der Waals surface area contributed by atoms with E-state index in [2.05, 4.69) is 0 Å². The molecule has 0 aromatic carbocycles. The van der Waals surface area contributed by atoms with Gasteiger partial charge in [-0.3, -0.25) is 4.79 Å². The van der Waals surface area contributed by atoms with Gasteiger partial charge in [-0.2, -0.15) is 11.8 Å². The number of nitrogens with zero attached hydrogens (tertiary/aromatic N) is 1. The highest BCUT2D eigenvalue weighted by molar-refractivity contribution is 7.99. The lowest BCUT2D eigenvalue weighted by Crippen LogP contribution is -2.28. The van der Waals surface area contributed by atoms with E-state index >= 15 is 0 Å². The van der Waals surface area contributed by atoms with Crippen molar-refractivity contribution in [3.63, 3.8) is 0 Å². The average Bonchev–Trinajstić information content (AvgIpc) is 2.48. The molecule has 0 atom stereocenters. The Morgan fingerprint density at radius 2 is 2.12 bits per heavy atom. The van der Waals surface area contributed by atoms with Gasteiger partial charge in [-0.05, 0) is 36.0 Å². The Labute approximate surface area is 97.3 Å². The van der Waals surface area contributed by atoms with E-state index in [1.165, 1.54) is 4.57 Å². The Kier molecular flexibility index (Phi) is 3.05. The second-order valence-corrected chi connectivity index (χ2v) is 5.04. The lowest BCUT2D eigenvalue weighted by Gasteiger charge is -2.11. The molecule has 1 aromatic rings. The van der Waals surface area contributed by atoms with Crippen LogP contribution in [0.2, 0.25) is 0 Å². The molecule has 1 aliphatic rings. The highest BCUT2D eigenvalue weighted by Gasteiger charge is 2.18. The lowest BCUT2D eigenvalue weighted by atomic mass is 10.1. The van der Waals surface area contributed by atoms with Crippen molar-refractivity contribution in [3.05, 3.63) is 33.2 Å². The zero-order chi connectivity index (χ0) is 11.7. The Hall–Kier alpha value is -1.23. The summed E-state index contributed by atoms with van der Waals surface area (Å²) in [6.07, 6.45) is 1.68. The van der Waals surface area contributed by atoms with Crippen molar-refractivity contribution in [2.75, 3.05) is 11.5 Å². The van der Waals surface area contributed by atoms with Gasteiger partial charge in [0.05, 0.1) is 0 Å². The second kappa shape index (κ2) is 4.33. The van der Waals surface area contributed by atoms with Crippen LogP contribution >= 0.6 is 11.8 Å². The first-order valence-corrected chi connectivity index (χ1v) is 6.29. The summed E-state index contributed by atoms with van der Waals surface area (Å²) in [5.41, 5.74) is 1.47. The molecule has 0 radical (unpaired) electrons. The number of hydrogen-bond acceptors (Lipinski definition) is 3. The lowest BCUT2D eigenvalue weighted by molar-refractivity contribution is 0.0694. The third-order valence-electron chi connectivity index (χ3n) is 2.86. The maximum absolute atomic E-state index is 11.8. The maximum atomic E-state index is 11.8. The standard InChI is InChI=1S/C11H13NO3S/c1-12-9-3-5-16-4-2-7(9)6-8(10(12)13)11(14)15/h6H,2-5H2,1H3,(H,14,15). The fourth-order valence-electron chi connectivity index (χ4n) is 1.99. The number of aromatic nitrogens is 1. The monoisotopic (exact) mass is 239 g/mol. The highest BCUT2D eigenvalue weighted by atomic mass is 32.2. The summed E-state index contributed by atoms with van der Waals surface area (Å²) in [5, 5.41) is 8.94. The van der Waals surface area contributed by atoms with Crippen LogP contribution in [0.1, 0.15) is 21.6 Å². The third kappa shape index (κ3) is 1.87. The van der Waals surface area contributed by atoms with Crippen molar-refractivity contribution < 1.29 is 9.90 Å². The van der Waals surface area contributed by atoms with E-state index in [0.717, 1.165) is 35.6 Å². The number of hydrogen-bond donors (Lipinski definition) is 1. The molecule has 2 heterocycles. The molecule has 0 spiro atoms. The van der Waals surface area contributed by atoms with Crippen molar-refractivity contribution in [1.29, 1.82) is 0 Å². The first-order valence-electron chi connectivity index (χ1n) is 5.14. The molecule has 5 heteroatoms. The zero-order valence-electron chi connectivity index (χ0n) is 9.02. The zero-order valence-corrected chi connectivity index (χ0v) is 9.84. The molecule has 0 amide bonds. The van der Waals surface area contributed by atoms with Crippen LogP contribution in [0.3, 0.4) is 0 Å². The van der Waals surface area contributed by atoms with E-state index in [9.17, 15) is 9.59 Å². The topological polar surface area (TPSA) is 59.3 Å². The molecule has 16 heavy (non-hydrogen) atoms. The van der Waals surface area contributed by atoms with Crippen LogP contribution in [0.25, 0.3) is 0 Å². The van der Waals surface area contributed by atoms with E-state index in [4.69, 9.17) is 5.11 Å². The van der Waals surface area contributed by atoms with Gasteiger partial charge in [0.25, 0.3) is 5.56 Å². The fraction of sp³-hybridized carbons (Fsp3) is 0.455. The van der Waals surface area contributed by atoms with Gasteiger partial charge in [0.1, 0.15) is 5.56 Å². The number of carboxylic acids is 1. The molecule has 1 N–H and O–H groups in total. The molecule has 2 rings (SSSR count). The van der Waals surface area contributed by atoms with Gasteiger partial charge in [-0.15, -0.1) is 0 Å². The largest absolute Gasteiger partial charge is 0.477 e. The number of carboxylic acid groups (broad SMARTS) is 1. The predicted molar refractivity (Wildman–Crippen MR) is 63.4 cm³/mol. The van der Waals surface area contributed by atoms with Crippen molar-refractivity contribution in [1.82, 2.24) is 4.57 Å². The quantitative estimate of drug-likeness (QED) is 0.791. The molecule has 1 aromatic heterocycles. The van der Waals surface area contributed by atoms with E-state index < -0.39 is 11.5 Å². The normalized spacial score (nSPS) is 15.3. The van der Waals surface area contributed by atoms with Gasteiger partial charge in [-0.1, -0.05) is 0 Å². The molecule has 0 fully saturated rings. The number of pyridine rings is 1. The van der Waals surface area contributed by atoms with Gasteiger partial charge in [-0.25, -0.2) is 4.79 Å². The number of rotatable bonds is 1. The molecule has 0 aliphatic carbocycles. The van der Waals surface area contributed by atoms with Crippen LogP contribution in [0.4, 0.5) is 0 Å². The average molecular weight is 239 g/mol. The van der Waals surface area contributed by atoms with Crippen LogP contribution in [-0.2, 0) is 19.9 Å². The van der Waals surface area contributed by atoms with E-state index in [1.54, 1.807) is 13.1 Å². The summed E-state index contributed by atoms with van der Waals surface area (Å²) >= 11 is 1.84. The van der Waals surface area contributed by atoms with E-state index in [0.29, 0.717) is 0 Å². The van der Waals surface area contributed by atoms with Crippen LogP contribution in [0.5, 0.6) is 0 Å². The number of fused-ring (bicyclic) bond motifs is 1. The second-order valence-electron chi connectivity index (χ2n) is 3.81. The van der Waals surface area contributed by atoms with E-state index in [-0.39, 0.29) is 5.56 Å². The summed E-state index contributed by atoms with van der Waals surface area (Å²) in [5.74, 6) is 0.844. The Bertz CT molecular complexity index is 493. The minimum Gasteiger partial charge on any atom is -0.477 e. The molecule has 0 unspecified atom stereocenters. The van der Waals surface area contributed by atoms with Gasteiger partial charge in [0.2, 0.25) is 0 Å². The summed E-state index contributed by atoms with van der Waals surface area (Å²) < 4.78 is 1.49. The Morgan fingerprint density at radius 3 is 2.81 bits per heavy atom. The molecular formula is C11H13NO3S. The molecule has 1 aliphatic heterocycles. The molecule has 4 nitrogen and oxygen atoms in total. The van der Waals surface area contributed by atoms with Crippen molar-refractivity contribution in [2.24, 2.45) is 7.05 Å². The minimum absolute atomic E-state index is 0.117. The van der Waals surface area contributed by atoms with Crippen molar-refractivity contribution in [2.45, 2.75) is 12.8 Å². The van der Waals surface area contributed by atoms with Crippen LogP contribution in [0.15, 0.2) is 10.9 Å². The highest BCUT2D eigenvalue weighted by Crippen LogP contribution is 2.19. The van der Waals surface area contributed by atoms with Crippen molar-refractivity contribution >= 4 is 17.7 Å². The summed E-state index contributed by atoms with van der Waals surface area (Å²) in [6.45, 7) is 0. The minimum atomic E-state index is -1.14. The van der Waals surface area contributed by atoms with Crippen LogP contribution in [-0.4, -0.2) is 27.1 Å². The Balaban J connectivity index is 2.64. The fourth-order valence-corrected chi connectivity index (χ4v) is 2.89. The van der Waals surface area contributed by atoms with Crippen LogP contribution < -0.4 is 5.56 Å². The molecule has 0 saturated carbocycles. The molecule has 0 bridgehead atoms. The Morgan fingerprint density at radius 1 is 1.44 bits per heavy atom. The predicted octanol–water partition coefficient (Wildman–Crippen LogP) is 0.915. The number of aryl methyl sites for hydroxylation is 1. The molecule has 86 valence electrons. The maximum Gasteiger partial charge on any atom is 0.341 e. The smallest absolute Gasteiger partial charge is 0.341 e. The third-order valence-corrected chi connectivity index (χ3v) is 3.84. The summed E-state index contributed by atoms with van der Waals surface area (Å²) in [7, 11) is 1.66. The van der Waals surface area contributed by atoms with Gasteiger partial charge in [0.15, 0.2) is 0 Å². The van der Waals surface area contributed by atoms with Gasteiger partial charge >= 0.3 is 5.97 Å². The number of thioether (sulfide) groups is 1. The number of carbonyl (C=O) groups is 1. The van der Waals surface area contributed by atoms with Gasteiger partial charge in [0, 0.05) is 12.7 Å². The SMILES string of the molecule is Cn1c2c(cc(C(=O)O)c1=O)CCSCC2. The van der Waals surface area contributed by atoms with Crippen molar-refractivity contribution in [3.8, 4) is 0 Å². The summed E-state index contributed by atoms with van der Waals surface area (Å²) in [6, 6.07) is 1.55.